The molecule has 0 fully saturated rings. The number of rotatable bonds is 0. The average Bonchev–Trinajstić information content (AvgIpc) is 3.94. The normalized spacial score (nSPS) is 13.0. The molecule has 0 aromatic heterocycles. The van der Waals surface area contributed by atoms with Crippen LogP contribution in [0.4, 0.5) is 62.6 Å². The Labute approximate surface area is 352 Å². The largest absolute Gasteiger partial charge is 0.398 e. The van der Waals surface area contributed by atoms with Gasteiger partial charge in [-0.25, -0.2) is 0 Å². The highest BCUT2D eigenvalue weighted by atomic mass is 31.0. The fraction of sp³-hybridized carbons (Fsp3) is 0. The summed E-state index contributed by atoms with van der Waals surface area (Å²) in [5.41, 5.74) is 87.3. The van der Waals surface area contributed by atoms with Gasteiger partial charge in [-0.2, -0.15) is 0 Å². The van der Waals surface area contributed by atoms with Crippen LogP contribution in [0, 0.1) is 0 Å². The molecule has 0 heterocycles. The lowest BCUT2D eigenvalue weighted by atomic mass is 9.83. The van der Waals surface area contributed by atoms with Gasteiger partial charge < -0.3 is 63.1 Å². The summed E-state index contributed by atoms with van der Waals surface area (Å²) in [7, 11) is 2.88. The summed E-state index contributed by atoms with van der Waals surface area (Å²) in [6, 6.07) is 24.6. The summed E-state index contributed by atoms with van der Waals surface area (Å²) in [6.45, 7) is 0. The Kier molecular flexibility index (Phi) is 5.51. The molecule has 0 saturated carbocycles. The second-order valence-corrected chi connectivity index (χ2v) is 17.7. The molecule has 296 valence electrons. The lowest BCUT2D eigenvalue weighted by Gasteiger charge is -2.24. The fourth-order valence-corrected chi connectivity index (χ4v) is 12.6. The molecule has 0 saturated heterocycles. The van der Waals surface area contributed by atoms with Gasteiger partial charge in [-0.15, -0.1) is 9.24 Å². The van der Waals surface area contributed by atoms with Crippen LogP contribution in [0.25, 0.3) is 141 Å². The molecule has 1 aliphatic carbocycles. The molecule has 13 aromatic carbocycles. The highest BCUT2D eigenvalue weighted by Crippen LogP contribution is 2.66. The molecule has 22 N–H and O–H groups in total. The summed E-state index contributed by atoms with van der Waals surface area (Å²) in [5.74, 6) is 0. The fourth-order valence-electron chi connectivity index (χ4n) is 12.2. The van der Waals surface area contributed by atoms with Gasteiger partial charge in [0.05, 0.1) is 34.1 Å². The zero-order valence-corrected chi connectivity index (χ0v) is 34.0. The minimum Gasteiger partial charge on any atom is -0.398 e. The van der Waals surface area contributed by atoms with Crippen molar-refractivity contribution >= 4 is 196 Å². The van der Waals surface area contributed by atoms with Gasteiger partial charge in [0.15, 0.2) is 0 Å². The molecule has 13 aromatic rings. The zero-order valence-electron chi connectivity index (χ0n) is 32.9. The maximum Gasteiger partial charge on any atom is 0.0641 e. The van der Waals surface area contributed by atoms with Gasteiger partial charge in [0.25, 0.3) is 0 Å². The van der Waals surface area contributed by atoms with Crippen molar-refractivity contribution in [3.05, 3.63) is 72.8 Å². The van der Waals surface area contributed by atoms with Crippen molar-refractivity contribution in [2.75, 3.05) is 63.1 Å². The topological polar surface area (TPSA) is 286 Å². The van der Waals surface area contributed by atoms with E-state index in [4.69, 9.17) is 63.1 Å². The number of anilines is 11. The maximum absolute atomic E-state index is 7.50. The van der Waals surface area contributed by atoms with Gasteiger partial charge in [0.2, 0.25) is 0 Å². The molecule has 0 amide bonds. The van der Waals surface area contributed by atoms with Crippen molar-refractivity contribution in [2.24, 2.45) is 0 Å². The lowest BCUT2D eigenvalue weighted by Crippen LogP contribution is -2.10. The predicted octanol–water partition coefficient (Wildman–Crippen LogP) is 9.24. The number of hydrogen-bond acceptors (Lipinski definition) is 11. The molecule has 0 radical (unpaired) electrons. The van der Waals surface area contributed by atoms with Crippen molar-refractivity contribution in [1.82, 2.24) is 0 Å². The average molecular weight is 822 g/mol. The number of benzene rings is 11. The van der Waals surface area contributed by atoms with E-state index in [1.807, 2.05) is 24.3 Å². The van der Waals surface area contributed by atoms with Crippen molar-refractivity contribution in [3.63, 3.8) is 0 Å². The van der Waals surface area contributed by atoms with Crippen LogP contribution in [0.3, 0.4) is 0 Å². The molecule has 12 heteroatoms. The highest BCUT2D eigenvalue weighted by Gasteiger charge is 2.38. The van der Waals surface area contributed by atoms with Crippen molar-refractivity contribution in [3.8, 4) is 22.3 Å². The molecule has 0 spiro atoms. The first-order chi connectivity index (χ1) is 29.9. The van der Waals surface area contributed by atoms with E-state index in [2.05, 4.69) is 57.8 Å². The molecule has 1 aliphatic rings. The van der Waals surface area contributed by atoms with Gasteiger partial charge in [-0.1, -0.05) is 66.7 Å². The van der Waals surface area contributed by atoms with E-state index in [0.29, 0.717) is 133 Å². The Balaban J connectivity index is 1.26. The van der Waals surface area contributed by atoms with Crippen LogP contribution in [0.15, 0.2) is 72.8 Å². The van der Waals surface area contributed by atoms with Crippen LogP contribution in [-0.4, -0.2) is 0 Å². The summed E-state index contributed by atoms with van der Waals surface area (Å²) >= 11 is 0. The molecule has 14 rings (SSSR count). The van der Waals surface area contributed by atoms with Crippen LogP contribution in [0.1, 0.15) is 0 Å². The van der Waals surface area contributed by atoms with Crippen LogP contribution >= 0.6 is 9.24 Å². The molecule has 11 nitrogen and oxygen atoms in total. The van der Waals surface area contributed by atoms with Gasteiger partial charge in [0, 0.05) is 142 Å². The molecule has 1 atom stereocenters. The van der Waals surface area contributed by atoms with E-state index in [1.54, 1.807) is 0 Å². The van der Waals surface area contributed by atoms with Gasteiger partial charge in [-0.3, -0.25) is 0 Å². The van der Waals surface area contributed by atoms with Crippen LogP contribution in [-0.2, 0) is 0 Å². The Morgan fingerprint density at radius 1 is 0.226 bits per heavy atom. The Morgan fingerprint density at radius 2 is 0.629 bits per heavy atom. The minimum absolute atomic E-state index is 0.295. The quantitative estimate of drug-likeness (QED) is 0.0225. The van der Waals surface area contributed by atoms with Gasteiger partial charge >= 0.3 is 0 Å². The third-order valence-electron chi connectivity index (χ3n) is 14.6. The number of hydrogen-bond donors (Lipinski definition) is 11. The number of fused-ring (bicyclic) bond motifs is 14. The lowest BCUT2D eigenvalue weighted by molar-refractivity contribution is 1.69. The zero-order chi connectivity index (χ0) is 42.4. The molecular weight excluding hydrogens is 786 g/mol. The first-order valence-electron chi connectivity index (χ1n) is 20.2. The second kappa shape index (κ2) is 10.2. The summed E-state index contributed by atoms with van der Waals surface area (Å²) in [5, 5.41) is 18.8. The molecule has 1 unspecified atom stereocenters. The van der Waals surface area contributed by atoms with Gasteiger partial charge in [-0.05, 0) is 38.4 Å². The highest BCUT2D eigenvalue weighted by molar-refractivity contribution is 7.29. The monoisotopic (exact) mass is 821 g/mol. The Morgan fingerprint density at radius 3 is 1.21 bits per heavy atom. The Hall–Kier alpha value is -8.27. The standard InChI is InChI=1S/C50H36N11P/c51-39-16-8-3-4-9-17(16)40(52)35-29-23-24-27(43(55)44(56)28(23)34(35)39)31-26-25-30(45(57)47(31)59)36-37(32(25)49(61)50(62)38(26)33(24)48(60)46(29)58)42(54)22-18-11-5-10-15-13-6-1-2-7-14(13)19(21(15)18)12-20(22)41(36)53/h1-12H,51-62H2. The van der Waals surface area contributed by atoms with Crippen molar-refractivity contribution < 1.29 is 0 Å². The second-order valence-electron chi connectivity index (χ2n) is 17.1. The number of nitrogens with two attached hydrogens (primary N) is 11. The van der Waals surface area contributed by atoms with Crippen molar-refractivity contribution in [2.45, 2.75) is 0 Å². The smallest absolute Gasteiger partial charge is 0.0641 e. The maximum atomic E-state index is 7.50. The van der Waals surface area contributed by atoms with E-state index < -0.39 is 0 Å². The van der Waals surface area contributed by atoms with E-state index >= 15 is 0 Å². The first-order valence-corrected chi connectivity index (χ1v) is 20.8. The molecule has 62 heavy (non-hydrogen) atoms. The summed E-state index contributed by atoms with van der Waals surface area (Å²) in [6.07, 6.45) is 0. The Bertz CT molecular complexity index is 4290. The van der Waals surface area contributed by atoms with Gasteiger partial charge in [0.1, 0.15) is 0 Å². The third-order valence-corrected chi connectivity index (χ3v) is 15.2. The van der Waals surface area contributed by atoms with E-state index in [1.165, 1.54) is 5.39 Å². The molecule has 0 bridgehead atoms. The SMILES string of the molecule is Nc1c2c3c(c(N)c(N)c4c5c(P)c(N)c6c7c(N)c8c(cc9c%10ccccc%10c%10cccc8c%109)c(N)c7c7c(N)c(N)c(c(c1N)c34)c5c76)-c1c-2c(N)c2ccccc2c1N. The van der Waals surface area contributed by atoms with Crippen molar-refractivity contribution in [1.29, 1.82) is 0 Å². The summed E-state index contributed by atoms with van der Waals surface area (Å²) in [4.78, 5) is 0. The van der Waals surface area contributed by atoms with E-state index in [0.717, 1.165) is 70.0 Å². The van der Waals surface area contributed by atoms with Crippen LogP contribution in [0.2, 0.25) is 0 Å². The molecular formula is C50H36N11P. The molecule has 0 aliphatic heterocycles. The van der Waals surface area contributed by atoms with Crippen LogP contribution in [0.5, 0.6) is 0 Å². The van der Waals surface area contributed by atoms with Crippen LogP contribution < -0.4 is 68.4 Å². The van der Waals surface area contributed by atoms with E-state index in [-0.39, 0.29) is 0 Å². The third kappa shape index (κ3) is 3.21. The number of nitrogen functional groups attached to an aromatic ring is 11. The minimum atomic E-state index is 0.295. The predicted molar refractivity (Wildman–Crippen MR) is 275 cm³/mol. The summed E-state index contributed by atoms with van der Waals surface area (Å²) < 4.78 is 0. The first kappa shape index (κ1) is 33.5. The van der Waals surface area contributed by atoms with E-state index in [9.17, 15) is 0 Å².